The second-order valence-electron chi connectivity index (χ2n) is 4.23. The van der Waals surface area contributed by atoms with Crippen LogP contribution in [0.1, 0.15) is 16.7 Å². The highest BCUT2D eigenvalue weighted by Gasteiger charge is 1.92. The van der Waals surface area contributed by atoms with Crippen molar-refractivity contribution in [2.24, 2.45) is 4.99 Å². The van der Waals surface area contributed by atoms with Gasteiger partial charge in [0.2, 0.25) is 0 Å². The lowest BCUT2D eigenvalue weighted by molar-refractivity contribution is 0.414. The standard InChI is InChI=1S/C16H17NO/c1-13-3-5-14(6-4-13)11-17-12-15-7-9-16(18-2)10-8-15/h3-11H,12H2,1-2H3. The number of aryl methyl sites for hydroxylation is 1. The number of hydrogen-bond acceptors (Lipinski definition) is 2. The number of ether oxygens (including phenoxy) is 1. The van der Waals surface area contributed by atoms with Crippen molar-refractivity contribution in [3.63, 3.8) is 0 Å². The zero-order chi connectivity index (χ0) is 12.8. The zero-order valence-electron chi connectivity index (χ0n) is 10.8. The van der Waals surface area contributed by atoms with Crippen molar-refractivity contribution in [2.75, 3.05) is 7.11 Å². The average molecular weight is 239 g/mol. The van der Waals surface area contributed by atoms with Gasteiger partial charge in [0.05, 0.1) is 13.7 Å². The van der Waals surface area contributed by atoms with E-state index in [1.165, 1.54) is 11.1 Å². The molecule has 2 aromatic rings. The number of hydrogen-bond donors (Lipinski definition) is 0. The molecule has 0 bridgehead atoms. The molecule has 2 nitrogen and oxygen atoms in total. The Labute approximate surface area is 108 Å². The van der Waals surface area contributed by atoms with Crippen molar-refractivity contribution in [1.29, 1.82) is 0 Å². The number of methoxy groups -OCH3 is 1. The Bertz CT molecular complexity index is 512. The molecule has 0 N–H and O–H groups in total. The van der Waals surface area contributed by atoms with E-state index in [0.717, 1.165) is 11.3 Å². The maximum atomic E-state index is 5.12. The summed E-state index contributed by atoms with van der Waals surface area (Å²) in [6.07, 6.45) is 1.91. The van der Waals surface area contributed by atoms with Crippen LogP contribution in [0.15, 0.2) is 53.5 Å². The van der Waals surface area contributed by atoms with Crippen LogP contribution in [0, 0.1) is 6.92 Å². The largest absolute Gasteiger partial charge is 0.497 e. The predicted molar refractivity (Wildman–Crippen MR) is 75.5 cm³/mol. The minimum atomic E-state index is 0.692. The fraction of sp³-hybridized carbons (Fsp3) is 0.188. The molecule has 0 amide bonds. The summed E-state index contributed by atoms with van der Waals surface area (Å²) in [7, 11) is 1.67. The Kier molecular flexibility index (Phi) is 4.13. The Hall–Kier alpha value is -2.09. The van der Waals surface area contributed by atoms with Crippen molar-refractivity contribution in [2.45, 2.75) is 13.5 Å². The van der Waals surface area contributed by atoms with Gasteiger partial charge in [0, 0.05) is 6.21 Å². The van der Waals surface area contributed by atoms with Crippen LogP contribution in [0.5, 0.6) is 5.75 Å². The van der Waals surface area contributed by atoms with E-state index < -0.39 is 0 Å². The summed E-state index contributed by atoms with van der Waals surface area (Å²) in [4.78, 5) is 4.43. The third-order valence-corrected chi connectivity index (χ3v) is 2.75. The van der Waals surface area contributed by atoms with Crippen molar-refractivity contribution >= 4 is 6.21 Å². The lowest BCUT2D eigenvalue weighted by Gasteiger charge is -2.00. The zero-order valence-corrected chi connectivity index (χ0v) is 10.8. The molecule has 0 aromatic heterocycles. The summed E-state index contributed by atoms with van der Waals surface area (Å²) < 4.78 is 5.12. The first-order chi connectivity index (χ1) is 8.78. The van der Waals surface area contributed by atoms with Gasteiger partial charge < -0.3 is 4.74 Å². The van der Waals surface area contributed by atoms with E-state index in [9.17, 15) is 0 Å². The second kappa shape index (κ2) is 6.01. The highest BCUT2D eigenvalue weighted by molar-refractivity contribution is 5.79. The van der Waals surface area contributed by atoms with Gasteiger partial charge in [-0.3, -0.25) is 4.99 Å². The van der Waals surface area contributed by atoms with Crippen molar-refractivity contribution < 1.29 is 4.74 Å². The van der Waals surface area contributed by atoms with Crippen LogP contribution in [-0.4, -0.2) is 13.3 Å². The first-order valence-electron chi connectivity index (χ1n) is 5.97. The molecule has 0 spiro atoms. The number of rotatable bonds is 4. The van der Waals surface area contributed by atoms with Crippen molar-refractivity contribution in [3.05, 3.63) is 65.2 Å². The fourth-order valence-electron chi connectivity index (χ4n) is 1.64. The summed E-state index contributed by atoms with van der Waals surface area (Å²) in [5.74, 6) is 0.876. The van der Waals surface area contributed by atoms with E-state index >= 15 is 0 Å². The molecule has 0 fully saturated rings. The molecule has 2 rings (SSSR count). The van der Waals surface area contributed by atoms with Crippen LogP contribution in [0.3, 0.4) is 0 Å². The van der Waals surface area contributed by atoms with Crippen molar-refractivity contribution in [1.82, 2.24) is 0 Å². The topological polar surface area (TPSA) is 21.6 Å². The molecule has 0 saturated heterocycles. The minimum absolute atomic E-state index is 0.692. The van der Waals surface area contributed by atoms with E-state index in [2.05, 4.69) is 36.2 Å². The van der Waals surface area contributed by atoms with Crippen LogP contribution >= 0.6 is 0 Å². The minimum Gasteiger partial charge on any atom is -0.497 e. The van der Waals surface area contributed by atoms with Gasteiger partial charge >= 0.3 is 0 Å². The van der Waals surface area contributed by atoms with Gasteiger partial charge in [0.25, 0.3) is 0 Å². The SMILES string of the molecule is COc1ccc(CN=Cc2ccc(C)cc2)cc1. The van der Waals surface area contributed by atoms with Gasteiger partial charge in [-0.25, -0.2) is 0 Å². The highest BCUT2D eigenvalue weighted by Crippen LogP contribution is 2.11. The number of aliphatic imine (C=N–C) groups is 1. The quantitative estimate of drug-likeness (QED) is 0.747. The number of benzene rings is 2. The van der Waals surface area contributed by atoms with E-state index in [1.54, 1.807) is 7.11 Å². The van der Waals surface area contributed by atoms with Crippen LogP contribution < -0.4 is 4.74 Å². The fourth-order valence-corrected chi connectivity index (χ4v) is 1.64. The van der Waals surface area contributed by atoms with Crippen LogP contribution in [-0.2, 0) is 6.54 Å². The van der Waals surface area contributed by atoms with E-state index in [0.29, 0.717) is 6.54 Å². The van der Waals surface area contributed by atoms with Gasteiger partial charge in [-0.15, -0.1) is 0 Å². The molecule has 0 radical (unpaired) electrons. The molecule has 18 heavy (non-hydrogen) atoms. The maximum absolute atomic E-state index is 5.12. The van der Waals surface area contributed by atoms with Crippen LogP contribution in [0.2, 0.25) is 0 Å². The molecule has 0 aliphatic heterocycles. The maximum Gasteiger partial charge on any atom is 0.118 e. The first kappa shape index (κ1) is 12.4. The lowest BCUT2D eigenvalue weighted by atomic mass is 10.2. The molecule has 0 atom stereocenters. The third kappa shape index (κ3) is 3.45. The second-order valence-corrected chi connectivity index (χ2v) is 4.23. The average Bonchev–Trinajstić information content (AvgIpc) is 2.42. The molecule has 92 valence electrons. The monoisotopic (exact) mass is 239 g/mol. The molecule has 0 saturated carbocycles. The van der Waals surface area contributed by atoms with E-state index in [1.807, 2.05) is 30.5 Å². The molecule has 0 aliphatic carbocycles. The highest BCUT2D eigenvalue weighted by atomic mass is 16.5. The van der Waals surface area contributed by atoms with Gasteiger partial charge in [-0.1, -0.05) is 42.0 Å². The Balaban J connectivity index is 1.95. The molecular weight excluding hydrogens is 222 g/mol. The van der Waals surface area contributed by atoms with E-state index in [4.69, 9.17) is 4.74 Å². The van der Waals surface area contributed by atoms with Gasteiger partial charge in [-0.2, -0.15) is 0 Å². The summed E-state index contributed by atoms with van der Waals surface area (Å²) in [6.45, 7) is 2.77. The van der Waals surface area contributed by atoms with Gasteiger partial charge in [0.15, 0.2) is 0 Å². The smallest absolute Gasteiger partial charge is 0.118 e. The number of nitrogens with zero attached hydrogens (tertiary/aromatic N) is 1. The summed E-state index contributed by atoms with van der Waals surface area (Å²) in [5.41, 5.74) is 3.58. The third-order valence-electron chi connectivity index (χ3n) is 2.75. The molecule has 0 unspecified atom stereocenters. The van der Waals surface area contributed by atoms with Gasteiger partial charge in [-0.05, 0) is 30.2 Å². The Morgan fingerprint density at radius 1 is 1.00 bits per heavy atom. The summed E-state index contributed by atoms with van der Waals surface area (Å²) in [5, 5.41) is 0. The first-order valence-corrected chi connectivity index (χ1v) is 5.97. The molecule has 2 heteroatoms. The predicted octanol–water partition coefficient (Wildman–Crippen LogP) is 3.62. The Morgan fingerprint density at radius 3 is 2.28 bits per heavy atom. The normalized spacial score (nSPS) is 10.8. The molecule has 0 heterocycles. The van der Waals surface area contributed by atoms with Crippen molar-refractivity contribution in [3.8, 4) is 5.75 Å². The van der Waals surface area contributed by atoms with E-state index in [-0.39, 0.29) is 0 Å². The lowest BCUT2D eigenvalue weighted by Crippen LogP contribution is -1.86. The summed E-state index contributed by atoms with van der Waals surface area (Å²) >= 11 is 0. The molecule has 2 aromatic carbocycles. The molecular formula is C16H17NO. The van der Waals surface area contributed by atoms with Crippen LogP contribution in [0.25, 0.3) is 0 Å². The Morgan fingerprint density at radius 2 is 1.67 bits per heavy atom. The van der Waals surface area contributed by atoms with Crippen LogP contribution in [0.4, 0.5) is 0 Å². The summed E-state index contributed by atoms with van der Waals surface area (Å²) in [6, 6.07) is 16.3. The molecule has 0 aliphatic rings. The van der Waals surface area contributed by atoms with Gasteiger partial charge in [0.1, 0.15) is 5.75 Å².